The van der Waals surface area contributed by atoms with E-state index in [0.29, 0.717) is 17.5 Å². The van der Waals surface area contributed by atoms with Gasteiger partial charge in [0, 0.05) is 5.69 Å². The first-order valence-corrected chi connectivity index (χ1v) is 9.40. The number of nitrogens with zero attached hydrogens (tertiary/aromatic N) is 2. The molecule has 0 spiro atoms. The van der Waals surface area contributed by atoms with Crippen molar-refractivity contribution in [2.24, 2.45) is 0 Å². The van der Waals surface area contributed by atoms with E-state index in [1.165, 1.54) is 11.8 Å². The molecule has 7 heteroatoms. The molecule has 1 amide bonds. The minimum absolute atomic E-state index is 0.0383. The first kappa shape index (κ1) is 16.7. The number of hydrogen-bond acceptors (Lipinski definition) is 6. The van der Waals surface area contributed by atoms with Crippen molar-refractivity contribution in [2.75, 3.05) is 5.32 Å². The molecule has 5 nitrogen and oxygen atoms in total. The lowest BCUT2D eigenvalue weighted by molar-refractivity contribution is -0.115. The number of benzene rings is 1. The average Bonchev–Trinajstić information content (AvgIpc) is 3.23. The maximum Gasteiger partial charge on any atom is 0.237 e. The summed E-state index contributed by atoms with van der Waals surface area (Å²) in [6, 6.07) is 11.6. The van der Waals surface area contributed by atoms with Gasteiger partial charge in [-0.3, -0.25) is 4.79 Å². The molecule has 1 atom stereocenters. The SMILES string of the molecule is Cc1cccc(NC(=O)[C@@H](C)SCc2nc(-c3cccs3)no2)c1. The topological polar surface area (TPSA) is 68.0 Å². The smallest absolute Gasteiger partial charge is 0.237 e. The summed E-state index contributed by atoms with van der Waals surface area (Å²) in [7, 11) is 0. The Kier molecular flexibility index (Phi) is 5.32. The van der Waals surface area contributed by atoms with Crippen molar-refractivity contribution in [1.29, 1.82) is 0 Å². The van der Waals surface area contributed by atoms with Crippen molar-refractivity contribution < 1.29 is 9.32 Å². The predicted molar refractivity (Wildman–Crippen MR) is 98.2 cm³/mol. The molecule has 24 heavy (non-hydrogen) atoms. The van der Waals surface area contributed by atoms with Crippen LogP contribution < -0.4 is 5.32 Å². The third-order valence-electron chi connectivity index (χ3n) is 3.32. The number of aromatic nitrogens is 2. The zero-order valence-corrected chi connectivity index (χ0v) is 15.0. The zero-order valence-electron chi connectivity index (χ0n) is 13.4. The molecule has 0 unspecified atom stereocenters. The highest BCUT2D eigenvalue weighted by molar-refractivity contribution is 7.99. The standard InChI is InChI=1S/C17H17N3O2S2/c1-11-5-3-6-13(9-11)18-17(21)12(2)24-10-15-19-16(20-22-15)14-7-4-8-23-14/h3-9,12H,10H2,1-2H3,(H,18,21)/t12-/m1/s1. The molecule has 1 aromatic carbocycles. The van der Waals surface area contributed by atoms with Crippen LogP contribution in [0.2, 0.25) is 0 Å². The molecule has 0 bridgehead atoms. The van der Waals surface area contributed by atoms with Gasteiger partial charge in [0.15, 0.2) is 0 Å². The van der Waals surface area contributed by atoms with E-state index in [4.69, 9.17) is 4.52 Å². The fourth-order valence-electron chi connectivity index (χ4n) is 2.06. The van der Waals surface area contributed by atoms with Gasteiger partial charge >= 0.3 is 0 Å². The number of thioether (sulfide) groups is 1. The first-order chi connectivity index (χ1) is 11.6. The lowest BCUT2D eigenvalue weighted by Crippen LogP contribution is -2.22. The molecule has 0 saturated carbocycles. The summed E-state index contributed by atoms with van der Waals surface area (Å²) in [6.07, 6.45) is 0. The minimum atomic E-state index is -0.220. The van der Waals surface area contributed by atoms with Crippen LogP contribution in [0.5, 0.6) is 0 Å². The van der Waals surface area contributed by atoms with Crippen molar-refractivity contribution in [3.05, 3.63) is 53.2 Å². The monoisotopic (exact) mass is 359 g/mol. The van der Waals surface area contributed by atoms with Crippen LogP contribution in [0, 0.1) is 6.92 Å². The van der Waals surface area contributed by atoms with E-state index >= 15 is 0 Å². The van der Waals surface area contributed by atoms with Crippen LogP contribution in [-0.4, -0.2) is 21.3 Å². The molecule has 0 fully saturated rings. The fraction of sp³-hybridized carbons (Fsp3) is 0.235. The molecule has 124 valence electrons. The summed E-state index contributed by atoms with van der Waals surface area (Å²) in [5, 5.41) is 8.64. The lowest BCUT2D eigenvalue weighted by atomic mass is 10.2. The molecular weight excluding hydrogens is 342 g/mol. The van der Waals surface area contributed by atoms with Gasteiger partial charge in [-0.05, 0) is 43.0 Å². The molecule has 0 aliphatic carbocycles. The van der Waals surface area contributed by atoms with Crippen LogP contribution in [0.4, 0.5) is 5.69 Å². The summed E-state index contributed by atoms with van der Waals surface area (Å²) in [5.41, 5.74) is 1.92. The molecular formula is C17H17N3O2S2. The van der Waals surface area contributed by atoms with Gasteiger partial charge in [0.2, 0.25) is 17.6 Å². The van der Waals surface area contributed by atoms with Crippen molar-refractivity contribution in [2.45, 2.75) is 24.9 Å². The zero-order chi connectivity index (χ0) is 16.9. The quantitative estimate of drug-likeness (QED) is 0.708. The molecule has 3 aromatic rings. The number of carbonyl (C=O) groups excluding carboxylic acids is 1. The predicted octanol–water partition coefficient (Wildman–Crippen LogP) is 4.37. The number of nitrogens with one attached hydrogen (secondary N) is 1. The summed E-state index contributed by atoms with van der Waals surface area (Å²) in [6.45, 7) is 3.86. The summed E-state index contributed by atoms with van der Waals surface area (Å²) < 4.78 is 5.25. The van der Waals surface area contributed by atoms with Gasteiger partial charge in [-0.1, -0.05) is 23.4 Å². The van der Waals surface area contributed by atoms with Crippen molar-refractivity contribution >= 4 is 34.7 Å². The largest absolute Gasteiger partial charge is 0.338 e. The lowest BCUT2D eigenvalue weighted by Gasteiger charge is -2.11. The van der Waals surface area contributed by atoms with Crippen molar-refractivity contribution in [1.82, 2.24) is 10.1 Å². The number of anilines is 1. The summed E-state index contributed by atoms with van der Waals surface area (Å²) in [4.78, 5) is 17.6. The second-order valence-corrected chi connectivity index (χ2v) is 7.58. The van der Waals surface area contributed by atoms with E-state index < -0.39 is 0 Å². The van der Waals surface area contributed by atoms with Crippen LogP contribution in [0.15, 0.2) is 46.3 Å². The van der Waals surface area contributed by atoms with Gasteiger partial charge in [-0.2, -0.15) is 4.98 Å². The van der Waals surface area contributed by atoms with Gasteiger partial charge in [-0.15, -0.1) is 23.1 Å². The van der Waals surface area contributed by atoms with Gasteiger partial charge in [-0.25, -0.2) is 0 Å². The highest BCUT2D eigenvalue weighted by atomic mass is 32.2. The maximum atomic E-state index is 12.2. The fourth-order valence-corrected chi connectivity index (χ4v) is 3.43. The number of rotatable bonds is 6. The Balaban J connectivity index is 1.53. The highest BCUT2D eigenvalue weighted by Gasteiger charge is 2.16. The molecule has 0 aliphatic rings. The molecule has 2 heterocycles. The first-order valence-electron chi connectivity index (χ1n) is 7.47. The Bertz CT molecular complexity index is 815. The van der Waals surface area contributed by atoms with E-state index in [2.05, 4.69) is 15.5 Å². The van der Waals surface area contributed by atoms with Crippen molar-refractivity contribution in [3.8, 4) is 10.7 Å². The third-order valence-corrected chi connectivity index (χ3v) is 5.31. The Morgan fingerprint density at radius 1 is 1.38 bits per heavy atom. The van der Waals surface area contributed by atoms with Crippen LogP contribution in [0.3, 0.4) is 0 Å². The molecule has 3 rings (SSSR count). The van der Waals surface area contributed by atoms with Gasteiger partial charge in [0.25, 0.3) is 0 Å². The second-order valence-electron chi connectivity index (χ2n) is 5.30. The molecule has 0 saturated heterocycles. The molecule has 1 N–H and O–H groups in total. The van der Waals surface area contributed by atoms with Gasteiger partial charge in [0.05, 0.1) is 15.9 Å². The van der Waals surface area contributed by atoms with Crippen molar-refractivity contribution in [3.63, 3.8) is 0 Å². The Morgan fingerprint density at radius 2 is 2.25 bits per heavy atom. The van der Waals surface area contributed by atoms with E-state index in [9.17, 15) is 4.79 Å². The highest BCUT2D eigenvalue weighted by Crippen LogP contribution is 2.24. The van der Waals surface area contributed by atoms with Crippen LogP contribution in [0.1, 0.15) is 18.4 Å². The number of hydrogen-bond donors (Lipinski definition) is 1. The Hall–Kier alpha value is -2.12. The van der Waals surface area contributed by atoms with Gasteiger partial charge in [0.1, 0.15) is 0 Å². The summed E-state index contributed by atoms with van der Waals surface area (Å²) in [5.74, 6) is 1.58. The summed E-state index contributed by atoms with van der Waals surface area (Å²) >= 11 is 3.03. The minimum Gasteiger partial charge on any atom is -0.338 e. The average molecular weight is 359 g/mol. The van der Waals surface area contributed by atoms with Gasteiger partial charge < -0.3 is 9.84 Å². The van der Waals surface area contributed by atoms with Crippen LogP contribution in [-0.2, 0) is 10.5 Å². The number of aryl methyl sites for hydroxylation is 1. The van der Waals surface area contributed by atoms with E-state index in [1.54, 1.807) is 11.3 Å². The van der Waals surface area contributed by atoms with Crippen LogP contribution in [0.25, 0.3) is 10.7 Å². The molecule has 0 aliphatic heterocycles. The van der Waals surface area contributed by atoms with E-state index in [-0.39, 0.29) is 11.2 Å². The van der Waals surface area contributed by atoms with Crippen LogP contribution >= 0.6 is 23.1 Å². The molecule has 0 radical (unpaired) electrons. The van der Waals surface area contributed by atoms with E-state index in [0.717, 1.165) is 16.1 Å². The normalized spacial score (nSPS) is 12.1. The Labute approximate surface area is 148 Å². The maximum absolute atomic E-state index is 12.2. The number of carbonyl (C=O) groups is 1. The van der Waals surface area contributed by atoms with E-state index in [1.807, 2.05) is 55.6 Å². The molecule has 2 aromatic heterocycles. The number of amides is 1. The number of thiophene rings is 1. The third kappa shape index (κ3) is 4.24. The Morgan fingerprint density at radius 3 is 3.00 bits per heavy atom. The second kappa shape index (κ2) is 7.63.